The van der Waals surface area contributed by atoms with E-state index >= 15 is 0 Å². The number of benzene rings is 1. The van der Waals surface area contributed by atoms with Crippen molar-refractivity contribution in [1.29, 1.82) is 0 Å². The largest absolute Gasteiger partial charge is 0.420 e. The Morgan fingerprint density at radius 2 is 1.39 bits per heavy atom. The molecule has 2 rings (SSSR count). The van der Waals surface area contributed by atoms with Gasteiger partial charge in [0.1, 0.15) is 12.7 Å². The van der Waals surface area contributed by atoms with Crippen LogP contribution in [0.1, 0.15) is 38.5 Å². The molecular weight excluding hydrogens is 521 g/mol. The first kappa shape index (κ1) is 31.4. The molecule has 1 aliphatic carbocycles. The minimum Gasteiger partial charge on any atom is -0.420 e. The van der Waals surface area contributed by atoms with Gasteiger partial charge >= 0.3 is 5.97 Å². The molecule has 1 aliphatic rings. The molecule has 1 aromatic carbocycles. The van der Waals surface area contributed by atoms with Crippen LogP contribution < -0.4 is 10.1 Å². The van der Waals surface area contributed by atoms with Crippen LogP contribution in [0.4, 0.5) is 22.0 Å². The Labute approximate surface area is 217 Å². The minimum absolute atomic E-state index is 0.0582. The topological polar surface area (TPSA) is 92.3 Å². The first-order valence-corrected chi connectivity index (χ1v) is 12.1. The van der Waals surface area contributed by atoms with Crippen molar-refractivity contribution in [3.63, 3.8) is 0 Å². The number of halogens is 5. The number of carbonyl (C=O) groups is 2. The lowest BCUT2D eigenvalue weighted by molar-refractivity contribution is -0.136. The van der Waals surface area contributed by atoms with Crippen molar-refractivity contribution in [1.82, 2.24) is 5.32 Å². The second kappa shape index (κ2) is 17.7. The van der Waals surface area contributed by atoms with Crippen LogP contribution in [0.2, 0.25) is 0 Å². The highest BCUT2D eigenvalue weighted by Crippen LogP contribution is 2.29. The molecule has 8 nitrogen and oxygen atoms in total. The predicted octanol–water partition coefficient (Wildman–Crippen LogP) is 3.20. The SMILES string of the molecule is O=C(COC1C#CCCCCC1)NCCOCCOCCOCCC(=O)Oc1c(F)c(F)c(F)c(F)c1F. The van der Waals surface area contributed by atoms with Gasteiger partial charge in [0, 0.05) is 13.0 Å². The van der Waals surface area contributed by atoms with Gasteiger partial charge in [-0.15, -0.1) is 5.92 Å². The highest BCUT2D eigenvalue weighted by atomic mass is 19.2. The molecule has 0 bridgehead atoms. The second-order valence-electron chi connectivity index (χ2n) is 8.03. The molecule has 0 aliphatic heterocycles. The Morgan fingerprint density at radius 1 is 0.789 bits per heavy atom. The standard InChI is InChI=1S/C25H30F5NO7/c26-20-21(27)23(29)25(24(30)22(20)28)38-19(33)8-10-34-12-14-36-15-13-35-11-9-31-18(32)16-37-17-6-4-2-1-3-5-7-17/h17H,1-4,6,8-16H2,(H,31,32). The lowest BCUT2D eigenvalue weighted by atomic mass is 10.1. The maximum Gasteiger partial charge on any atom is 0.313 e. The quantitative estimate of drug-likeness (QED) is 0.0642. The fourth-order valence-corrected chi connectivity index (χ4v) is 3.13. The number of amides is 1. The first-order valence-electron chi connectivity index (χ1n) is 12.1. The van der Waals surface area contributed by atoms with Crippen molar-refractivity contribution in [2.75, 3.05) is 52.8 Å². The summed E-state index contributed by atoms with van der Waals surface area (Å²) in [7, 11) is 0. The van der Waals surface area contributed by atoms with Gasteiger partial charge in [0.25, 0.3) is 0 Å². The zero-order valence-electron chi connectivity index (χ0n) is 20.7. The van der Waals surface area contributed by atoms with Crippen molar-refractivity contribution in [3.8, 4) is 17.6 Å². The summed E-state index contributed by atoms with van der Waals surface area (Å²) in [5, 5.41) is 2.68. The molecule has 1 N–H and O–H groups in total. The van der Waals surface area contributed by atoms with Gasteiger partial charge in [0.2, 0.25) is 40.7 Å². The number of ether oxygens (including phenoxy) is 5. The predicted molar refractivity (Wildman–Crippen MR) is 123 cm³/mol. The summed E-state index contributed by atoms with van der Waals surface area (Å²) < 4.78 is 91.6. The third kappa shape index (κ3) is 11.3. The molecule has 38 heavy (non-hydrogen) atoms. The fourth-order valence-electron chi connectivity index (χ4n) is 3.13. The molecule has 0 heterocycles. The van der Waals surface area contributed by atoms with Crippen LogP contribution in [0.3, 0.4) is 0 Å². The number of carbonyl (C=O) groups excluding carboxylic acids is 2. The Bertz CT molecular complexity index is 954. The van der Waals surface area contributed by atoms with E-state index in [4.69, 9.17) is 18.9 Å². The molecule has 13 heteroatoms. The van der Waals surface area contributed by atoms with Gasteiger partial charge in [0.05, 0.1) is 46.1 Å². The molecule has 1 unspecified atom stereocenters. The van der Waals surface area contributed by atoms with E-state index in [1.165, 1.54) is 0 Å². The highest BCUT2D eigenvalue weighted by Gasteiger charge is 2.28. The normalized spacial score (nSPS) is 15.2. The molecule has 212 valence electrons. The summed E-state index contributed by atoms with van der Waals surface area (Å²) in [6.07, 6.45) is 4.23. The van der Waals surface area contributed by atoms with E-state index in [1.807, 2.05) is 0 Å². The van der Waals surface area contributed by atoms with Crippen molar-refractivity contribution < 1.29 is 55.2 Å². The number of esters is 1. The average molecular weight is 552 g/mol. The lowest BCUT2D eigenvalue weighted by Gasteiger charge is -2.13. The van der Waals surface area contributed by atoms with Crippen molar-refractivity contribution in [2.45, 2.75) is 44.6 Å². The fraction of sp³-hybridized carbons (Fsp3) is 0.600. The lowest BCUT2D eigenvalue weighted by Crippen LogP contribution is -2.32. The smallest absolute Gasteiger partial charge is 0.313 e. The van der Waals surface area contributed by atoms with Gasteiger partial charge < -0.3 is 29.0 Å². The van der Waals surface area contributed by atoms with Crippen LogP contribution in [0.5, 0.6) is 5.75 Å². The average Bonchev–Trinajstić information content (AvgIpc) is 2.88. The second-order valence-corrected chi connectivity index (χ2v) is 8.03. The van der Waals surface area contributed by atoms with E-state index in [9.17, 15) is 31.5 Å². The maximum atomic E-state index is 13.5. The van der Waals surface area contributed by atoms with Gasteiger partial charge in [-0.2, -0.15) is 8.78 Å². The molecule has 0 radical (unpaired) electrons. The minimum atomic E-state index is -2.35. The van der Waals surface area contributed by atoms with Crippen LogP contribution in [-0.2, 0) is 28.5 Å². The van der Waals surface area contributed by atoms with Crippen LogP contribution in [0.15, 0.2) is 0 Å². The van der Waals surface area contributed by atoms with E-state index in [2.05, 4.69) is 21.9 Å². The van der Waals surface area contributed by atoms with E-state index in [-0.39, 0.29) is 58.3 Å². The molecule has 1 amide bonds. The number of hydrogen-bond acceptors (Lipinski definition) is 7. The zero-order valence-corrected chi connectivity index (χ0v) is 20.7. The molecule has 0 fully saturated rings. The summed E-state index contributed by atoms with van der Waals surface area (Å²) >= 11 is 0. The summed E-state index contributed by atoms with van der Waals surface area (Å²) in [5.41, 5.74) is 0. The van der Waals surface area contributed by atoms with Crippen LogP contribution in [0.25, 0.3) is 0 Å². The first-order chi connectivity index (χ1) is 18.3. The van der Waals surface area contributed by atoms with E-state index in [0.717, 1.165) is 32.1 Å². The monoisotopic (exact) mass is 551 g/mol. The van der Waals surface area contributed by atoms with Crippen molar-refractivity contribution in [2.24, 2.45) is 0 Å². The molecule has 0 saturated carbocycles. The van der Waals surface area contributed by atoms with Crippen molar-refractivity contribution >= 4 is 11.9 Å². The van der Waals surface area contributed by atoms with Gasteiger partial charge in [-0.05, 0) is 19.3 Å². The zero-order chi connectivity index (χ0) is 27.8. The molecular formula is C25H30F5NO7. The Balaban J connectivity index is 1.43. The Morgan fingerprint density at radius 3 is 2.08 bits per heavy atom. The summed E-state index contributed by atoms with van der Waals surface area (Å²) in [6.45, 7) is 1.01. The molecule has 1 aromatic rings. The van der Waals surface area contributed by atoms with Gasteiger partial charge in [0.15, 0.2) is 0 Å². The van der Waals surface area contributed by atoms with E-state index < -0.39 is 47.2 Å². The third-order valence-corrected chi connectivity index (χ3v) is 5.10. The molecule has 0 aromatic heterocycles. The van der Waals surface area contributed by atoms with Crippen LogP contribution in [-0.4, -0.2) is 70.8 Å². The van der Waals surface area contributed by atoms with Crippen LogP contribution >= 0.6 is 0 Å². The van der Waals surface area contributed by atoms with Gasteiger partial charge in [-0.3, -0.25) is 9.59 Å². The summed E-state index contributed by atoms with van der Waals surface area (Å²) in [6, 6.07) is 0. The number of rotatable bonds is 16. The van der Waals surface area contributed by atoms with E-state index in [1.54, 1.807) is 0 Å². The van der Waals surface area contributed by atoms with Crippen molar-refractivity contribution in [3.05, 3.63) is 29.1 Å². The number of nitrogens with one attached hydrogen (secondary N) is 1. The summed E-state index contributed by atoms with van der Waals surface area (Å²) in [5.74, 6) is -8.32. The molecule has 0 saturated heterocycles. The third-order valence-electron chi connectivity index (χ3n) is 5.10. The van der Waals surface area contributed by atoms with Gasteiger partial charge in [-0.25, -0.2) is 13.2 Å². The van der Waals surface area contributed by atoms with Gasteiger partial charge in [-0.1, -0.05) is 12.3 Å². The Kier molecular flexibility index (Phi) is 14.6. The Hall–Kier alpha value is -2.79. The number of hydrogen-bond donors (Lipinski definition) is 1. The van der Waals surface area contributed by atoms with Crippen LogP contribution in [0, 0.1) is 40.9 Å². The maximum absolute atomic E-state index is 13.5. The molecule has 0 spiro atoms. The molecule has 1 atom stereocenters. The highest BCUT2D eigenvalue weighted by molar-refractivity contribution is 5.77. The van der Waals surface area contributed by atoms with E-state index in [0.29, 0.717) is 6.54 Å². The summed E-state index contributed by atoms with van der Waals surface area (Å²) in [4.78, 5) is 23.4.